The molecule has 0 aromatic heterocycles. The van der Waals surface area contributed by atoms with Gasteiger partial charge in [0.1, 0.15) is 5.75 Å². The van der Waals surface area contributed by atoms with E-state index in [2.05, 4.69) is 10.1 Å². The number of carbonyl (C=O) groups is 1. The van der Waals surface area contributed by atoms with Crippen molar-refractivity contribution in [1.82, 2.24) is 9.80 Å². The number of benzene rings is 3. The van der Waals surface area contributed by atoms with E-state index >= 15 is 0 Å². The molecular weight excluding hydrogens is 402 g/mol. The van der Waals surface area contributed by atoms with Crippen LogP contribution in [0.25, 0.3) is 10.8 Å². The average molecular weight is 424 g/mol. The first-order chi connectivity index (χ1) is 14.6. The van der Waals surface area contributed by atoms with Crippen molar-refractivity contribution in [2.45, 2.75) is 6.54 Å². The SMILES string of the molecule is O=Nc1c(OCC(=O)N2CCN(Cc3ccc(Cl)cc3)CC2)ccc2ccccc12. The number of nitrogens with zero attached hydrogens (tertiary/aromatic N) is 3. The maximum Gasteiger partial charge on any atom is 0.260 e. The Hall–Kier alpha value is -2.96. The average Bonchev–Trinajstić information content (AvgIpc) is 2.79. The summed E-state index contributed by atoms with van der Waals surface area (Å²) < 4.78 is 5.67. The van der Waals surface area contributed by atoms with Crippen molar-refractivity contribution in [3.05, 3.63) is 76.2 Å². The number of fused-ring (bicyclic) bond motifs is 1. The molecule has 6 nitrogen and oxygen atoms in total. The molecule has 0 unspecified atom stereocenters. The summed E-state index contributed by atoms with van der Waals surface area (Å²) in [4.78, 5) is 28.1. The predicted molar refractivity (Wildman–Crippen MR) is 118 cm³/mol. The second kappa shape index (κ2) is 9.24. The zero-order valence-electron chi connectivity index (χ0n) is 16.5. The van der Waals surface area contributed by atoms with Crippen molar-refractivity contribution in [2.75, 3.05) is 32.8 Å². The van der Waals surface area contributed by atoms with Crippen LogP contribution in [0.2, 0.25) is 5.02 Å². The first-order valence-electron chi connectivity index (χ1n) is 9.86. The van der Waals surface area contributed by atoms with E-state index in [4.69, 9.17) is 16.3 Å². The molecule has 4 rings (SSSR count). The van der Waals surface area contributed by atoms with Crippen LogP contribution in [-0.2, 0) is 11.3 Å². The number of halogens is 1. The summed E-state index contributed by atoms with van der Waals surface area (Å²) in [5.74, 6) is 0.240. The van der Waals surface area contributed by atoms with E-state index in [0.717, 1.165) is 30.0 Å². The summed E-state index contributed by atoms with van der Waals surface area (Å²) in [5, 5.41) is 5.48. The van der Waals surface area contributed by atoms with Crippen LogP contribution < -0.4 is 4.74 Å². The highest BCUT2D eigenvalue weighted by Gasteiger charge is 2.22. The predicted octanol–water partition coefficient (Wildman–Crippen LogP) is 4.61. The summed E-state index contributed by atoms with van der Waals surface area (Å²) in [6.45, 7) is 3.61. The molecule has 0 bridgehead atoms. The molecule has 1 heterocycles. The van der Waals surface area contributed by atoms with Gasteiger partial charge in [0.2, 0.25) is 0 Å². The van der Waals surface area contributed by atoms with E-state index in [-0.39, 0.29) is 18.2 Å². The summed E-state index contributed by atoms with van der Waals surface area (Å²) in [6.07, 6.45) is 0. The summed E-state index contributed by atoms with van der Waals surface area (Å²) >= 11 is 5.94. The number of amides is 1. The Morgan fingerprint density at radius 3 is 2.43 bits per heavy atom. The number of nitroso groups, excluding NO2 is 1. The number of piperazine rings is 1. The Labute approximate surface area is 180 Å². The van der Waals surface area contributed by atoms with Gasteiger partial charge in [-0.1, -0.05) is 54.1 Å². The third-order valence-electron chi connectivity index (χ3n) is 5.35. The van der Waals surface area contributed by atoms with E-state index < -0.39 is 0 Å². The molecule has 3 aromatic carbocycles. The Morgan fingerprint density at radius 2 is 1.70 bits per heavy atom. The number of hydrogen-bond donors (Lipinski definition) is 0. The van der Waals surface area contributed by atoms with Gasteiger partial charge in [-0.15, -0.1) is 4.91 Å². The lowest BCUT2D eigenvalue weighted by molar-refractivity contribution is -0.135. The summed E-state index contributed by atoms with van der Waals surface area (Å²) in [7, 11) is 0. The molecule has 0 atom stereocenters. The van der Waals surface area contributed by atoms with Crippen LogP contribution in [0.1, 0.15) is 5.56 Å². The fraction of sp³-hybridized carbons (Fsp3) is 0.261. The van der Waals surface area contributed by atoms with Crippen LogP contribution in [0.15, 0.2) is 65.8 Å². The van der Waals surface area contributed by atoms with Gasteiger partial charge in [0.15, 0.2) is 12.3 Å². The van der Waals surface area contributed by atoms with Crippen molar-refractivity contribution in [3.8, 4) is 5.75 Å². The zero-order valence-corrected chi connectivity index (χ0v) is 17.2. The van der Waals surface area contributed by atoms with Gasteiger partial charge in [-0.25, -0.2) is 0 Å². The maximum atomic E-state index is 12.6. The van der Waals surface area contributed by atoms with Crippen molar-refractivity contribution in [2.24, 2.45) is 5.18 Å². The van der Waals surface area contributed by atoms with Gasteiger partial charge in [-0.3, -0.25) is 9.69 Å². The minimum Gasteiger partial charge on any atom is -0.481 e. The molecule has 3 aromatic rings. The summed E-state index contributed by atoms with van der Waals surface area (Å²) in [6, 6.07) is 18.8. The summed E-state index contributed by atoms with van der Waals surface area (Å²) in [5.41, 5.74) is 1.43. The van der Waals surface area contributed by atoms with Crippen LogP contribution >= 0.6 is 11.6 Å². The molecule has 1 aliphatic rings. The largest absolute Gasteiger partial charge is 0.481 e. The highest BCUT2D eigenvalue weighted by Crippen LogP contribution is 2.35. The third kappa shape index (κ3) is 4.61. The first-order valence-corrected chi connectivity index (χ1v) is 10.2. The van der Waals surface area contributed by atoms with Crippen molar-refractivity contribution in [1.29, 1.82) is 0 Å². The maximum absolute atomic E-state index is 12.6. The molecule has 0 spiro atoms. The molecule has 0 radical (unpaired) electrons. The number of hydrogen-bond acceptors (Lipinski definition) is 5. The molecule has 30 heavy (non-hydrogen) atoms. The minimum absolute atomic E-state index is 0.0915. The standard InChI is InChI=1S/C23H22ClN3O3/c24-19-8-5-17(6-9-19)15-26-11-13-27(14-12-26)22(28)16-30-21-10-7-18-3-1-2-4-20(18)23(21)25-29/h1-10H,11-16H2. The Bertz CT molecular complexity index is 1050. The van der Waals surface area contributed by atoms with Crippen molar-refractivity contribution < 1.29 is 9.53 Å². The van der Waals surface area contributed by atoms with Crippen molar-refractivity contribution in [3.63, 3.8) is 0 Å². The van der Waals surface area contributed by atoms with Crippen LogP contribution in [-0.4, -0.2) is 48.5 Å². The molecular formula is C23H22ClN3O3. The molecule has 1 aliphatic heterocycles. The van der Waals surface area contributed by atoms with Gasteiger partial charge >= 0.3 is 0 Å². The molecule has 1 saturated heterocycles. The Morgan fingerprint density at radius 1 is 0.967 bits per heavy atom. The minimum atomic E-state index is -0.113. The molecule has 1 amide bonds. The Balaban J connectivity index is 1.32. The van der Waals surface area contributed by atoms with Gasteiger partial charge in [-0.2, -0.15) is 0 Å². The highest BCUT2D eigenvalue weighted by molar-refractivity contribution is 6.30. The van der Waals surface area contributed by atoms with E-state index in [1.54, 1.807) is 11.0 Å². The quantitative estimate of drug-likeness (QED) is 0.543. The molecule has 1 fully saturated rings. The van der Waals surface area contributed by atoms with E-state index in [1.807, 2.05) is 54.6 Å². The van der Waals surface area contributed by atoms with Crippen LogP contribution in [0.3, 0.4) is 0 Å². The van der Waals surface area contributed by atoms with E-state index in [9.17, 15) is 9.70 Å². The topological polar surface area (TPSA) is 62.2 Å². The zero-order chi connectivity index (χ0) is 20.9. The molecule has 0 N–H and O–H groups in total. The van der Waals surface area contributed by atoms with Gasteiger partial charge in [0, 0.05) is 43.1 Å². The van der Waals surface area contributed by atoms with Crippen LogP contribution in [0, 0.1) is 4.91 Å². The molecule has 7 heteroatoms. The normalized spacial score (nSPS) is 14.6. The van der Waals surface area contributed by atoms with Crippen LogP contribution in [0.4, 0.5) is 5.69 Å². The number of carbonyl (C=O) groups excluding carboxylic acids is 1. The smallest absolute Gasteiger partial charge is 0.260 e. The fourth-order valence-corrected chi connectivity index (χ4v) is 3.81. The molecule has 154 valence electrons. The second-order valence-corrected chi connectivity index (χ2v) is 7.73. The lowest BCUT2D eigenvalue weighted by Crippen LogP contribution is -2.49. The lowest BCUT2D eigenvalue weighted by Gasteiger charge is -2.34. The molecule has 0 saturated carbocycles. The Kier molecular flexibility index (Phi) is 6.26. The monoisotopic (exact) mass is 423 g/mol. The number of ether oxygens (including phenoxy) is 1. The highest BCUT2D eigenvalue weighted by atomic mass is 35.5. The fourth-order valence-electron chi connectivity index (χ4n) is 3.68. The third-order valence-corrected chi connectivity index (χ3v) is 5.60. The lowest BCUT2D eigenvalue weighted by atomic mass is 10.1. The van der Waals surface area contributed by atoms with Gasteiger partial charge in [0.05, 0.1) is 0 Å². The molecule has 0 aliphatic carbocycles. The van der Waals surface area contributed by atoms with E-state index in [0.29, 0.717) is 24.2 Å². The van der Waals surface area contributed by atoms with Gasteiger partial charge < -0.3 is 9.64 Å². The van der Waals surface area contributed by atoms with Gasteiger partial charge in [0.25, 0.3) is 5.91 Å². The van der Waals surface area contributed by atoms with Gasteiger partial charge in [-0.05, 0) is 34.3 Å². The van der Waals surface area contributed by atoms with E-state index in [1.165, 1.54) is 5.56 Å². The number of rotatable bonds is 6. The second-order valence-electron chi connectivity index (χ2n) is 7.30. The van der Waals surface area contributed by atoms with Crippen LogP contribution in [0.5, 0.6) is 5.75 Å². The first kappa shape index (κ1) is 20.3. The van der Waals surface area contributed by atoms with Crippen molar-refractivity contribution >= 4 is 34.0 Å².